The second-order valence-corrected chi connectivity index (χ2v) is 14.3. The van der Waals surface area contributed by atoms with Crippen LogP contribution in [-0.4, -0.2) is 54.6 Å². The van der Waals surface area contributed by atoms with Gasteiger partial charge in [0.2, 0.25) is 21.8 Å². The number of benzene rings is 4. The fraction of sp³-hybridized carbons (Fsp3) is 0.273. The number of hydrogen-bond donors (Lipinski definition) is 1. The molecule has 0 aliphatic carbocycles. The van der Waals surface area contributed by atoms with Crippen molar-refractivity contribution in [2.45, 2.75) is 50.2 Å². The fourth-order valence-corrected chi connectivity index (χ4v) is 6.09. The van der Waals surface area contributed by atoms with Gasteiger partial charge in [-0.25, -0.2) is 8.42 Å². The first-order valence-corrected chi connectivity index (χ1v) is 15.9. The Labute approximate surface area is 256 Å². The minimum atomic E-state index is -3.99. The molecule has 4 aromatic carbocycles. The maximum Gasteiger partial charge on any atom is 0.243 e. The standard InChI is InChI=1S/C33H36BrN3O4S/c1-33(2,3)35-32(39)30(20-24-10-6-5-7-11-24)37(22-25-14-17-28(34)18-15-25)31(38)23-36(4)42(40,41)29-19-16-26-12-8-9-13-27(26)21-29/h5-19,21,30H,20,22-23H2,1-4H3,(H,35,39)/t30-/m1/s1. The van der Waals surface area contributed by atoms with Crippen LogP contribution >= 0.6 is 15.9 Å². The summed E-state index contributed by atoms with van der Waals surface area (Å²) in [5.41, 5.74) is 1.17. The van der Waals surface area contributed by atoms with Crippen LogP contribution in [0.5, 0.6) is 0 Å². The maximum absolute atomic E-state index is 14.0. The van der Waals surface area contributed by atoms with E-state index in [-0.39, 0.29) is 23.8 Å². The SMILES string of the molecule is CN(CC(=O)N(Cc1ccc(Br)cc1)[C@H](Cc1ccccc1)C(=O)NC(C)(C)C)S(=O)(=O)c1ccc2ccccc2c1. The molecule has 0 spiro atoms. The van der Waals surface area contributed by atoms with Crippen molar-refractivity contribution in [2.24, 2.45) is 0 Å². The third-order valence-electron chi connectivity index (χ3n) is 6.82. The maximum atomic E-state index is 14.0. The summed E-state index contributed by atoms with van der Waals surface area (Å²) in [6.45, 7) is 5.35. The van der Waals surface area contributed by atoms with Crippen molar-refractivity contribution in [2.75, 3.05) is 13.6 Å². The third-order valence-corrected chi connectivity index (χ3v) is 9.15. The predicted octanol–water partition coefficient (Wildman–Crippen LogP) is 5.78. The molecule has 7 nitrogen and oxygen atoms in total. The van der Waals surface area contributed by atoms with Gasteiger partial charge in [0, 0.05) is 30.0 Å². The summed E-state index contributed by atoms with van der Waals surface area (Å²) in [5.74, 6) is -0.786. The lowest BCUT2D eigenvalue weighted by molar-refractivity contribution is -0.141. The molecular formula is C33H36BrN3O4S. The summed E-state index contributed by atoms with van der Waals surface area (Å²) in [7, 11) is -2.60. The lowest BCUT2D eigenvalue weighted by atomic mass is 10.0. The Morgan fingerprint density at radius 2 is 1.45 bits per heavy atom. The van der Waals surface area contributed by atoms with Crippen LogP contribution in [0.1, 0.15) is 31.9 Å². The number of nitrogens with one attached hydrogen (secondary N) is 1. The van der Waals surface area contributed by atoms with Gasteiger partial charge in [0.15, 0.2) is 0 Å². The summed E-state index contributed by atoms with van der Waals surface area (Å²) >= 11 is 3.44. The molecule has 0 radical (unpaired) electrons. The van der Waals surface area contributed by atoms with Gasteiger partial charge in [-0.2, -0.15) is 4.31 Å². The molecule has 4 rings (SSSR count). The number of halogens is 1. The first-order chi connectivity index (χ1) is 19.8. The number of likely N-dealkylation sites (N-methyl/N-ethyl adjacent to an activating group) is 1. The molecule has 0 unspecified atom stereocenters. The predicted molar refractivity (Wildman–Crippen MR) is 170 cm³/mol. The molecule has 1 N–H and O–H groups in total. The molecule has 0 fully saturated rings. The second-order valence-electron chi connectivity index (χ2n) is 11.4. The van der Waals surface area contributed by atoms with E-state index in [1.807, 2.05) is 99.6 Å². The highest BCUT2D eigenvalue weighted by atomic mass is 79.9. The van der Waals surface area contributed by atoms with Crippen LogP contribution in [0.2, 0.25) is 0 Å². The topological polar surface area (TPSA) is 86.8 Å². The van der Waals surface area contributed by atoms with E-state index in [9.17, 15) is 18.0 Å². The molecule has 0 saturated carbocycles. The third kappa shape index (κ3) is 8.06. The highest BCUT2D eigenvalue weighted by Crippen LogP contribution is 2.23. The number of sulfonamides is 1. The van der Waals surface area contributed by atoms with Crippen molar-refractivity contribution in [1.29, 1.82) is 0 Å². The Kier molecular flexibility index (Phi) is 9.86. The molecule has 220 valence electrons. The van der Waals surface area contributed by atoms with E-state index in [0.717, 1.165) is 30.7 Å². The Hall–Kier alpha value is -3.53. The Bertz CT molecular complexity index is 1650. The molecule has 0 bridgehead atoms. The minimum absolute atomic E-state index is 0.0993. The molecule has 0 aliphatic rings. The van der Waals surface area contributed by atoms with Crippen molar-refractivity contribution >= 4 is 48.5 Å². The number of nitrogens with zero attached hydrogens (tertiary/aromatic N) is 2. The molecule has 2 amide bonds. The Balaban J connectivity index is 1.68. The van der Waals surface area contributed by atoms with Gasteiger partial charge < -0.3 is 10.2 Å². The van der Waals surface area contributed by atoms with Gasteiger partial charge in [-0.1, -0.05) is 88.7 Å². The number of hydrogen-bond acceptors (Lipinski definition) is 4. The van der Waals surface area contributed by atoms with Gasteiger partial charge in [0.1, 0.15) is 6.04 Å². The van der Waals surface area contributed by atoms with E-state index in [0.29, 0.717) is 0 Å². The first kappa shape index (κ1) is 31.4. The zero-order valence-electron chi connectivity index (χ0n) is 24.2. The van der Waals surface area contributed by atoms with Crippen LogP contribution in [0.25, 0.3) is 10.8 Å². The number of rotatable bonds is 10. The molecule has 0 aliphatic heterocycles. The van der Waals surface area contributed by atoms with Crippen LogP contribution in [0.3, 0.4) is 0 Å². The van der Waals surface area contributed by atoms with Crippen molar-refractivity contribution < 1.29 is 18.0 Å². The number of amides is 2. The normalized spacial score (nSPS) is 12.7. The van der Waals surface area contributed by atoms with Gasteiger partial charge >= 0.3 is 0 Å². The fourth-order valence-electron chi connectivity index (χ4n) is 4.67. The van der Waals surface area contributed by atoms with Crippen molar-refractivity contribution in [3.63, 3.8) is 0 Å². The molecule has 0 aromatic heterocycles. The van der Waals surface area contributed by atoms with Gasteiger partial charge in [-0.15, -0.1) is 0 Å². The molecular weight excluding hydrogens is 614 g/mol. The van der Waals surface area contributed by atoms with E-state index in [1.54, 1.807) is 18.2 Å². The molecule has 0 saturated heterocycles. The van der Waals surface area contributed by atoms with Crippen molar-refractivity contribution in [1.82, 2.24) is 14.5 Å². The Morgan fingerprint density at radius 3 is 2.10 bits per heavy atom. The van der Waals surface area contributed by atoms with E-state index in [2.05, 4.69) is 21.2 Å². The lowest BCUT2D eigenvalue weighted by Gasteiger charge is -2.34. The zero-order valence-corrected chi connectivity index (χ0v) is 26.7. The molecule has 4 aromatic rings. The quantitative estimate of drug-likeness (QED) is 0.236. The van der Waals surface area contributed by atoms with E-state index in [1.165, 1.54) is 11.9 Å². The number of carbonyl (C=O) groups excluding carboxylic acids is 2. The summed E-state index contributed by atoms with van der Waals surface area (Å²) in [6.07, 6.45) is 0.270. The number of carbonyl (C=O) groups is 2. The van der Waals surface area contributed by atoms with E-state index in [4.69, 9.17) is 0 Å². The van der Waals surface area contributed by atoms with Gasteiger partial charge in [0.25, 0.3) is 0 Å². The lowest BCUT2D eigenvalue weighted by Crippen LogP contribution is -2.56. The largest absolute Gasteiger partial charge is 0.350 e. The van der Waals surface area contributed by atoms with Crippen LogP contribution in [0.4, 0.5) is 0 Å². The monoisotopic (exact) mass is 649 g/mol. The molecule has 9 heteroatoms. The molecule has 42 heavy (non-hydrogen) atoms. The molecule has 0 heterocycles. The second kappa shape index (κ2) is 13.2. The van der Waals surface area contributed by atoms with Crippen LogP contribution in [0.15, 0.2) is 106 Å². The summed E-state index contributed by atoms with van der Waals surface area (Å²) < 4.78 is 29.1. The zero-order chi connectivity index (χ0) is 30.5. The number of fused-ring (bicyclic) bond motifs is 1. The van der Waals surface area contributed by atoms with E-state index < -0.39 is 34.1 Å². The summed E-state index contributed by atoms with van der Waals surface area (Å²) in [4.78, 5) is 29.4. The first-order valence-electron chi connectivity index (χ1n) is 13.7. The highest BCUT2D eigenvalue weighted by molar-refractivity contribution is 9.10. The summed E-state index contributed by atoms with van der Waals surface area (Å²) in [5, 5.41) is 4.73. The Morgan fingerprint density at radius 1 is 0.833 bits per heavy atom. The van der Waals surface area contributed by atoms with Crippen LogP contribution in [-0.2, 0) is 32.6 Å². The average molecular weight is 651 g/mol. The smallest absolute Gasteiger partial charge is 0.243 e. The van der Waals surface area contributed by atoms with Crippen LogP contribution in [0, 0.1) is 0 Å². The van der Waals surface area contributed by atoms with Crippen molar-refractivity contribution in [3.8, 4) is 0 Å². The van der Waals surface area contributed by atoms with E-state index >= 15 is 0 Å². The summed E-state index contributed by atoms with van der Waals surface area (Å²) in [6, 6.07) is 28.5. The molecule has 1 atom stereocenters. The minimum Gasteiger partial charge on any atom is -0.350 e. The van der Waals surface area contributed by atoms with Crippen molar-refractivity contribution in [3.05, 3.63) is 113 Å². The highest BCUT2D eigenvalue weighted by Gasteiger charge is 2.34. The van der Waals surface area contributed by atoms with Gasteiger partial charge in [-0.05, 0) is 66.9 Å². The van der Waals surface area contributed by atoms with Gasteiger partial charge in [0.05, 0.1) is 11.4 Å². The van der Waals surface area contributed by atoms with Crippen LogP contribution < -0.4 is 5.32 Å². The average Bonchev–Trinajstić information content (AvgIpc) is 2.95. The van der Waals surface area contributed by atoms with Gasteiger partial charge in [-0.3, -0.25) is 9.59 Å².